The molecule has 0 unspecified atom stereocenters. The first-order chi connectivity index (χ1) is 9.65. The molecule has 0 aliphatic heterocycles. The van der Waals surface area contributed by atoms with Crippen molar-refractivity contribution in [3.05, 3.63) is 17.4 Å². The summed E-state index contributed by atoms with van der Waals surface area (Å²) in [5.41, 5.74) is 3.58. The summed E-state index contributed by atoms with van der Waals surface area (Å²) in [6.07, 6.45) is 6.22. The standard InChI is InChI=1S/C16H26O4/c1-4-7-8-11-14(16(18)20-6-3)12-9-10-13-15(17)19-5-2/h8H,4-7,9-10,12-13H2,1-3H3. The Hall–Kier alpha value is -1.54. The van der Waals surface area contributed by atoms with Crippen LogP contribution in [0.1, 0.15) is 59.3 Å². The van der Waals surface area contributed by atoms with E-state index in [9.17, 15) is 9.59 Å². The van der Waals surface area contributed by atoms with E-state index in [-0.39, 0.29) is 11.9 Å². The molecule has 0 aromatic rings. The summed E-state index contributed by atoms with van der Waals surface area (Å²) < 4.78 is 9.86. The zero-order chi connectivity index (χ0) is 15.2. The number of hydrogen-bond donors (Lipinski definition) is 0. The maximum Gasteiger partial charge on any atom is 0.341 e. The van der Waals surface area contributed by atoms with Crippen LogP contribution in [-0.2, 0) is 19.1 Å². The van der Waals surface area contributed by atoms with Crippen molar-refractivity contribution < 1.29 is 19.1 Å². The van der Waals surface area contributed by atoms with Gasteiger partial charge in [0.25, 0.3) is 0 Å². The number of carbonyl (C=O) groups excluding carboxylic acids is 2. The maximum absolute atomic E-state index is 11.7. The topological polar surface area (TPSA) is 52.6 Å². The highest BCUT2D eigenvalue weighted by atomic mass is 16.5. The predicted octanol–water partition coefficient (Wildman–Crippen LogP) is 3.55. The fourth-order valence-electron chi connectivity index (χ4n) is 1.60. The molecular formula is C16H26O4. The Kier molecular flexibility index (Phi) is 11.5. The second kappa shape index (κ2) is 12.5. The van der Waals surface area contributed by atoms with Gasteiger partial charge < -0.3 is 9.47 Å². The maximum atomic E-state index is 11.7. The van der Waals surface area contributed by atoms with Crippen molar-refractivity contribution in [2.75, 3.05) is 13.2 Å². The quantitative estimate of drug-likeness (QED) is 0.266. The van der Waals surface area contributed by atoms with Crippen LogP contribution in [0.2, 0.25) is 0 Å². The first kappa shape index (κ1) is 18.5. The zero-order valence-electron chi connectivity index (χ0n) is 12.9. The molecule has 0 saturated heterocycles. The van der Waals surface area contributed by atoms with Gasteiger partial charge in [0.2, 0.25) is 0 Å². The molecule has 4 heteroatoms. The van der Waals surface area contributed by atoms with E-state index < -0.39 is 0 Å². The number of ether oxygens (including phenoxy) is 2. The number of unbranched alkanes of at least 4 members (excludes halogenated alkanes) is 2. The largest absolute Gasteiger partial charge is 0.466 e. The van der Waals surface area contributed by atoms with Gasteiger partial charge in [-0.1, -0.05) is 13.3 Å². The predicted molar refractivity (Wildman–Crippen MR) is 78.2 cm³/mol. The third kappa shape index (κ3) is 9.40. The third-order valence-corrected chi connectivity index (χ3v) is 2.59. The minimum atomic E-state index is -0.309. The molecule has 0 N–H and O–H groups in total. The Morgan fingerprint density at radius 2 is 1.65 bits per heavy atom. The van der Waals surface area contributed by atoms with Gasteiger partial charge in [-0.3, -0.25) is 4.79 Å². The molecule has 0 radical (unpaired) electrons. The molecule has 0 saturated carbocycles. The Labute approximate surface area is 121 Å². The van der Waals surface area contributed by atoms with Crippen LogP contribution in [0.3, 0.4) is 0 Å². The minimum absolute atomic E-state index is 0.185. The van der Waals surface area contributed by atoms with Crippen molar-refractivity contribution in [3.63, 3.8) is 0 Å². The molecule has 4 nitrogen and oxygen atoms in total. The summed E-state index contributed by atoms with van der Waals surface area (Å²) in [4.78, 5) is 22.9. The molecule has 0 heterocycles. The highest BCUT2D eigenvalue weighted by molar-refractivity contribution is 5.88. The average molecular weight is 282 g/mol. The monoisotopic (exact) mass is 282 g/mol. The molecule has 0 aliphatic carbocycles. The van der Waals surface area contributed by atoms with Gasteiger partial charge in [0.1, 0.15) is 0 Å². The highest BCUT2D eigenvalue weighted by Crippen LogP contribution is 2.11. The Morgan fingerprint density at radius 3 is 2.25 bits per heavy atom. The lowest BCUT2D eigenvalue weighted by molar-refractivity contribution is -0.143. The van der Waals surface area contributed by atoms with Crippen molar-refractivity contribution in [2.45, 2.75) is 59.3 Å². The fraction of sp³-hybridized carbons (Fsp3) is 0.688. The van der Waals surface area contributed by atoms with Crippen LogP contribution in [0.5, 0.6) is 0 Å². The van der Waals surface area contributed by atoms with Crippen LogP contribution in [0, 0.1) is 0 Å². The van der Waals surface area contributed by atoms with Crippen LogP contribution < -0.4 is 0 Å². The second-order valence-electron chi connectivity index (χ2n) is 4.35. The lowest BCUT2D eigenvalue weighted by Gasteiger charge is -2.05. The van der Waals surface area contributed by atoms with Gasteiger partial charge in [0.05, 0.1) is 18.8 Å². The van der Waals surface area contributed by atoms with E-state index in [0.717, 1.165) is 19.3 Å². The molecule has 0 aromatic carbocycles. The van der Waals surface area contributed by atoms with E-state index in [4.69, 9.17) is 9.47 Å². The fourth-order valence-corrected chi connectivity index (χ4v) is 1.60. The van der Waals surface area contributed by atoms with Crippen LogP contribution in [0.25, 0.3) is 0 Å². The van der Waals surface area contributed by atoms with E-state index >= 15 is 0 Å². The van der Waals surface area contributed by atoms with Gasteiger partial charge >= 0.3 is 11.9 Å². The number of hydrogen-bond acceptors (Lipinski definition) is 4. The third-order valence-electron chi connectivity index (χ3n) is 2.59. The number of esters is 2. The van der Waals surface area contributed by atoms with Crippen molar-refractivity contribution in [2.24, 2.45) is 0 Å². The molecule has 0 atom stereocenters. The summed E-state index contributed by atoms with van der Waals surface area (Å²) in [6, 6.07) is 0. The van der Waals surface area contributed by atoms with E-state index in [1.54, 1.807) is 13.8 Å². The van der Waals surface area contributed by atoms with Crippen LogP contribution in [0.4, 0.5) is 0 Å². The molecule has 20 heavy (non-hydrogen) atoms. The van der Waals surface area contributed by atoms with Crippen molar-refractivity contribution in [3.8, 4) is 0 Å². The second-order valence-corrected chi connectivity index (χ2v) is 4.35. The number of carbonyl (C=O) groups is 2. The normalized spacial score (nSPS) is 9.55. The van der Waals surface area contributed by atoms with Crippen LogP contribution in [-0.4, -0.2) is 25.2 Å². The Balaban J connectivity index is 4.27. The summed E-state index contributed by atoms with van der Waals surface area (Å²) in [5, 5.41) is 0. The SMILES string of the molecule is CCCC=C=C(CCCCC(=O)OCC)C(=O)OCC. The lowest BCUT2D eigenvalue weighted by Crippen LogP contribution is -2.08. The smallest absolute Gasteiger partial charge is 0.341 e. The van der Waals surface area contributed by atoms with E-state index in [1.165, 1.54) is 0 Å². The molecule has 0 aliphatic rings. The Morgan fingerprint density at radius 1 is 1.00 bits per heavy atom. The molecule has 0 spiro atoms. The number of rotatable bonds is 10. The highest BCUT2D eigenvalue weighted by Gasteiger charge is 2.10. The van der Waals surface area contributed by atoms with Crippen molar-refractivity contribution >= 4 is 11.9 Å². The van der Waals surface area contributed by atoms with Crippen LogP contribution >= 0.6 is 0 Å². The van der Waals surface area contributed by atoms with E-state index in [2.05, 4.69) is 12.7 Å². The van der Waals surface area contributed by atoms with E-state index in [1.807, 2.05) is 6.08 Å². The van der Waals surface area contributed by atoms with Crippen LogP contribution in [0.15, 0.2) is 17.4 Å². The molecular weight excluding hydrogens is 256 g/mol. The summed E-state index contributed by atoms with van der Waals surface area (Å²) in [6.45, 7) is 6.42. The molecule has 0 fully saturated rings. The molecule has 114 valence electrons. The average Bonchev–Trinajstić information content (AvgIpc) is 2.42. The molecule has 0 amide bonds. The van der Waals surface area contributed by atoms with Gasteiger partial charge in [0.15, 0.2) is 0 Å². The van der Waals surface area contributed by atoms with Gasteiger partial charge in [-0.25, -0.2) is 4.79 Å². The lowest BCUT2D eigenvalue weighted by atomic mass is 10.1. The van der Waals surface area contributed by atoms with Crippen molar-refractivity contribution in [1.29, 1.82) is 0 Å². The zero-order valence-corrected chi connectivity index (χ0v) is 12.9. The molecule has 0 rings (SSSR count). The van der Waals surface area contributed by atoms with Crippen molar-refractivity contribution in [1.82, 2.24) is 0 Å². The molecule has 0 aromatic heterocycles. The van der Waals surface area contributed by atoms with Gasteiger partial charge in [-0.15, -0.1) is 5.73 Å². The molecule has 0 bridgehead atoms. The summed E-state index contributed by atoms with van der Waals surface area (Å²) in [7, 11) is 0. The van der Waals surface area contributed by atoms with E-state index in [0.29, 0.717) is 38.0 Å². The minimum Gasteiger partial charge on any atom is -0.466 e. The van der Waals surface area contributed by atoms with Gasteiger partial charge in [0, 0.05) is 6.42 Å². The first-order valence-electron chi connectivity index (χ1n) is 7.42. The van der Waals surface area contributed by atoms with Gasteiger partial charge in [-0.05, 0) is 45.6 Å². The Bertz CT molecular complexity index is 351. The first-order valence-corrected chi connectivity index (χ1v) is 7.42. The summed E-state index contributed by atoms with van der Waals surface area (Å²) in [5.74, 6) is -0.494. The van der Waals surface area contributed by atoms with Gasteiger partial charge in [-0.2, -0.15) is 0 Å². The summed E-state index contributed by atoms with van der Waals surface area (Å²) >= 11 is 0.